The van der Waals surface area contributed by atoms with Crippen molar-refractivity contribution in [1.29, 1.82) is 0 Å². The molecule has 0 aromatic rings. The Morgan fingerprint density at radius 2 is 1.12 bits per heavy atom. The Hall–Kier alpha value is -0.0231. The molecule has 156 valence electrons. The lowest BCUT2D eigenvalue weighted by atomic mass is 10.2. The molecular formula is C22H45ClO2Si. The topological polar surface area (TPSA) is 26.3 Å². The molecule has 0 atom stereocenters. The van der Waals surface area contributed by atoms with Gasteiger partial charge >= 0.3 is 0 Å². The van der Waals surface area contributed by atoms with E-state index in [0.717, 1.165) is 6.42 Å². The van der Waals surface area contributed by atoms with Crippen molar-refractivity contribution in [2.24, 2.45) is 0 Å². The van der Waals surface area contributed by atoms with Crippen LogP contribution in [-0.2, 0) is 9.22 Å². The van der Waals surface area contributed by atoms with E-state index >= 15 is 0 Å². The normalized spacial score (nSPS) is 11.7. The third-order valence-electron chi connectivity index (χ3n) is 5.30. The van der Waals surface area contributed by atoms with Crippen LogP contribution in [0.4, 0.5) is 0 Å². The van der Waals surface area contributed by atoms with Gasteiger partial charge in [0.2, 0.25) is 0 Å². The summed E-state index contributed by atoms with van der Waals surface area (Å²) < 4.78 is 6.32. The zero-order valence-electron chi connectivity index (χ0n) is 17.9. The molecule has 0 fully saturated rings. The number of rotatable bonds is 19. The highest BCUT2D eigenvalue weighted by atomic mass is 35.5. The van der Waals surface area contributed by atoms with Crippen LogP contribution in [0.1, 0.15) is 111 Å². The maximum absolute atomic E-state index is 12.4. The second-order valence-corrected chi connectivity index (χ2v) is 12.3. The molecule has 0 saturated heterocycles. The fourth-order valence-electron chi connectivity index (χ4n) is 3.65. The minimum Gasteiger partial charge on any atom is -0.519 e. The van der Waals surface area contributed by atoms with Crippen LogP contribution in [-0.4, -0.2) is 20.2 Å². The molecule has 0 rings (SSSR count). The highest BCUT2D eigenvalue weighted by Gasteiger charge is 2.36. The molecule has 0 heterocycles. The summed E-state index contributed by atoms with van der Waals surface area (Å²) in [4.78, 5) is 12.4. The molecule has 26 heavy (non-hydrogen) atoms. The first kappa shape index (κ1) is 26.0. The van der Waals surface area contributed by atoms with E-state index < -0.39 is 8.32 Å². The summed E-state index contributed by atoms with van der Waals surface area (Å²) >= 11 is 5.78. The van der Waals surface area contributed by atoms with E-state index in [1.165, 1.54) is 95.2 Å². The lowest BCUT2D eigenvalue weighted by molar-refractivity contribution is -0.135. The Bertz CT molecular complexity index is 292. The minimum atomic E-state index is -1.95. The zero-order valence-corrected chi connectivity index (χ0v) is 19.7. The molecule has 0 aliphatic rings. The van der Waals surface area contributed by atoms with Crippen LogP contribution in [0.15, 0.2) is 0 Å². The standard InChI is InChI=1S/C22H45ClO2Si/c1-4-7-10-13-19-26(20-14-11-8-5-2,21-15-12-9-6-3)25-22(24)17-16-18-23/h4-21H2,1-3H3. The van der Waals surface area contributed by atoms with Crippen molar-refractivity contribution in [3.63, 3.8) is 0 Å². The first-order valence-electron chi connectivity index (χ1n) is 11.4. The van der Waals surface area contributed by atoms with Gasteiger partial charge in [-0.2, -0.15) is 0 Å². The highest BCUT2D eigenvalue weighted by molar-refractivity contribution is 6.75. The molecule has 0 aromatic heterocycles. The SMILES string of the molecule is CCCCCC[Si](CCCCCC)(CCCCCC)OC(=O)CCCCl. The lowest BCUT2D eigenvalue weighted by Gasteiger charge is -2.32. The maximum Gasteiger partial charge on any atom is 0.292 e. The summed E-state index contributed by atoms with van der Waals surface area (Å²) in [6, 6.07) is 3.54. The zero-order chi connectivity index (χ0) is 19.5. The lowest BCUT2D eigenvalue weighted by Crippen LogP contribution is -2.40. The van der Waals surface area contributed by atoms with E-state index in [1.54, 1.807) is 0 Å². The Labute approximate surface area is 169 Å². The van der Waals surface area contributed by atoms with Crippen LogP contribution in [0.5, 0.6) is 0 Å². The molecule has 0 amide bonds. The van der Waals surface area contributed by atoms with Crippen LogP contribution in [0.2, 0.25) is 18.1 Å². The van der Waals surface area contributed by atoms with Crippen molar-refractivity contribution in [3.05, 3.63) is 0 Å². The Morgan fingerprint density at radius 3 is 1.46 bits per heavy atom. The number of hydrogen-bond acceptors (Lipinski definition) is 2. The Morgan fingerprint density at radius 1 is 0.692 bits per heavy atom. The number of alkyl halides is 1. The van der Waals surface area contributed by atoms with Crippen LogP contribution < -0.4 is 0 Å². The minimum absolute atomic E-state index is 0.0267. The summed E-state index contributed by atoms with van der Waals surface area (Å²) in [5, 5.41) is 0. The summed E-state index contributed by atoms with van der Waals surface area (Å²) in [6.07, 6.45) is 16.5. The van der Waals surface area contributed by atoms with Crippen LogP contribution in [0.3, 0.4) is 0 Å². The molecule has 4 heteroatoms. The van der Waals surface area contributed by atoms with Gasteiger partial charge in [-0.1, -0.05) is 97.8 Å². The molecule has 0 saturated carbocycles. The van der Waals surface area contributed by atoms with E-state index in [9.17, 15) is 4.79 Å². The third-order valence-corrected chi connectivity index (χ3v) is 10.0. The second-order valence-electron chi connectivity index (χ2n) is 7.88. The van der Waals surface area contributed by atoms with Crippen LogP contribution in [0.25, 0.3) is 0 Å². The van der Waals surface area contributed by atoms with E-state index in [1.807, 2.05) is 0 Å². The van der Waals surface area contributed by atoms with Gasteiger partial charge in [-0.3, -0.25) is 4.79 Å². The van der Waals surface area contributed by atoms with Gasteiger partial charge in [-0.25, -0.2) is 0 Å². The van der Waals surface area contributed by atoms with E-state index in [0.29, 0.717) is 12.3 Å². The number of carbonyl (C=O) groups is 1. The molecule has 0 bridgehead atoms. The van der Waals surface area contributed by atoms with Crippen molar-refractivity contribution in [2.75, 3.05) is 5.88 Å². The van der Waals surface area contributed by atoms with Crippen molar-refractivity contribution in [2.45, 2.75) is 129 Å². The fraction of sp³-hybridized carbons (Fsp3) is 0.955. The van der Waals surface area contributed by atoms with E-state index in [-0.39, 0.29) is 5.97 Å². The predicted octanol–water partition coefficient (Wildman–Crippen LogP) is 8.24. The fourth-order valence-corrected chi connectivity index (χ4v) is 8.11. The smallest absolute Gasteiger partial charge is 0.292 e. The van der Waals surface area contributed by atoms with Gasteiger partial charge in [0.15, 0.2) is 0 Å². The van der Waals surface area contributed by atoms with Crippen molar-refractivity contribution >= 4 is 25.9 Å². The van der Waals surface area contributed by atoms with Crippen molar-refractivity contribution in [3.8, 4) is 0 Å². The Kier molecular flexibility index (Phi) is 18.3. The van der Waals surface area contributed by atoms with Gasteiger partial charge in [-0.05, 0) is 24.6 Å². The maximum atomic E-state index is 12.4. The van der Waals surface area contributed by atoms with Gasteiger partial charge < -0.3 is 4.43 Å². The van der Waals surface area contributed by atoms with Crippen molar-refractivity contribution < 1.29 is 9.22 Å². The summed E-state index contributed by atoms with van der Waals surface area (Å²) in [6.45, 7) is 6.77. The van der Waals surface area contributed by atoms with Gasteiger partial charge in [0.05, 0.1) is 0 Å². The first-order chi connectivity index (χ1) is 12.6. The quantitative estimate of drug-likeness (QED) is 0.123. The number of halogens is 1. The van der Waals surface area contributed by atoms with Gasteiger partial charge in [0.1, 0.15) is 0 Å². The predicted molar refractivity (Wildman–Crippen MR) is 119 cm³/mol. The Balaban J connectivity index is 4.87. The highest BCUT2D eigenvalue weighted by Crippen LogP contribution is 2.31. The number of unbranched alkanes of at least 4 members (excludes halogenated alkanes) is 9. The van der Waals surface area contributed by atoms with Gasteiger partial charge in [0.25, 0.3) is 14.3 Å². The van der Waals surface area contributed by atoms with E-state index in [2.05, 4.69) is 20.8 Å². The third kappa shape index (κ3) is 14.1. The second kappa shape index (κ2) is 18.3. The molecule has 0 aliphatic heterocycles. The van der Waals surface area contributed by atoms with Gasteiger partial charge in [0, 0.05) is 12.3 Å². The largest absolute Gasteiger partial charge is 0.519 e. The van der Waals surface area contributed by atoms with Crippen LogP contribution in [0, 0.1) is 0 Å². The summed E-state index contributed by atoms with van der Waals surface area (Å²) in [7, 11) is -1.95. The molecular weight excluding hydrogens is 360 g/mol. The van der Waals surface area contributed by atoms with Crippen molar-refractivity contribution in [1.82, 2.24) is 0 Å². The molecule has 0 N–H and O–H groups in total. The summed E-state index contributed by atoms with van der Waals surface area (Å²) in [5.74, 6) is 0.575. The number of carbonyl (C=O) groups excluding carboxylic acids is 1. The number of hydrogen-bond donors (Lipinski definition) is 0. The average Bonchev–Trinajstić information content (AvgIpc) is 2.64. The van der Waals surface area contributed by atoms with Crippen LogP contribution >= 0.6 is 11.6 Å². The van der Waals surface area contributed by atoms with E-state index in [4.69, 9.17) is 16.0 Å². The molecule has 0 aromatic carbocycles. The summed E-state index contributed by atoms with van der Waals surface area (Å²) in [5.41, 5.74) is 0. The first-order valence-corrected chi connectivity index (χ1v) is 14.5. The average molecular weight is 405 g/mol. The molecule has 0 unspecified atom stereocenters. The molecule has 0 aliphatic carbocycles. The molecule has 0 spiro atoms. The monoisotopic (exact) mass is 404 g/mol. The molecule has 0 radical (unpaired) electrons. The van der Waals surface area contributed by atoms with Gasteiger partial charge in [-0.15, -0.1) is 11.6 Å². The molecule has 2 nitrogen and oxygen atoms in total.